The zero-order valence-electron chi connectivity index (χ0n) is 12.5. The minimum Gasteiger partial charge on any atom is -0.319 e. The number of nitrogens with one attached hydrogen (secondary N) is 1. The van der Waals surface area contributed by atoms with E-state index in [0.29, 0.717) is 5.69 Å². The SMILES string of the molecule is Cn1c(=O)c2cc(NC(=O)c3ccccn3)cnc2n(C)c1=O. The highest BCUT2D eigenvalue weighted by Crippen LogP contribution is 2.12. The molecular weight excluding hydrogens is 298 g/mol. The number of amides is 1. The highest BCUT2D eigenvalue weighted by Gasteiger charge is 2.12. The summed E-state index contributed by atoms with van der Waals surface area (Å²) in [5.74, 6) is -0.409. The van der Waals surface area contributed by atoms with Crippen molar-refractivity contribution in [2.75, 3.05) is 5.32 Å². The van der Waals surface area contributed by atoms with Crippen LogP contribution in [0.1, 0.15) is 10.5 Å². The fraction of sp³-hybridized carbons (Fsp3) is 0.133. The lowest BCUT2D eigenvalue weighted by Crippen LogP contribution is -2.37. The van der Waals surface area contributed by atoms with Gasteiger partial charge < -0.3 is 5.32 Å². The third kappa shape index (κ3) is 2.50. The maximum Gasteiger partial charge on any atom is 0.332 e. The standard InChI is InChI=1S/C15H13N5O3/c1-19-12-10(14(22)20(2)15(19)23)7-9(8-17-12)18-13(21)11-5-3-4-6-16-11/h3-8H,1-2H3,(H,18,21). The van der Waals surface area contributed by atoms with E-state index in [1.54, 1.807) is 18.2 Å². The van der Waals surface area contributed by atoms with Crippen molar-refractivity contribution in [2.45, 2.75) is 0 Å². The van der Waals surface area contributed by atoms with E-state index in [1.165, 1.54) is 37.1 Å². The summed E-state index contributed by atoms with van der Waals surface area (Å²) in [5, 5.41) is 2.88. The van der Waals surface area contributed by atoms with Crippen molar-refractivity contribution >= 4 is 22.6 Å². The number of pyridine rings is 2. The predicted octanol–water partition coefficient (Wildman–Crippen LogP) is 0.279. The van der Waals surface area contributed by atoms with Gasteiger partial charge in [-0.25, -0.2) is 9.78 Å². The Labute approximate surface area is 130 Å². The van der Waals surface area contributed by atoms with Gasteiger partial charge in [-0.3, -0.25) is 23.7 Å². The molecule has 3 rings (SSSR count). The Morgan fingerprint density at radius 2 is 1.91 bits per heavy atom. The summed E-state index contributed by atoms with van der Waals surface area (Å²) in [6, 6.07) is 6.47. The Morgan fingerprint density at radius 1 is 1.13 bits per heavy atom. The first-order chi connectivity index (χ1) is 11.0. The van der Waals surface area contributed by atoms with Crippen LogP contribution < -0.4 is 16.6 Å². The average molecular weight is 311 g/mol. The topological polar surface area (TPSA) is 98.9 Å². The molecule has 0 bridgehead atoms. The van der Waals surface area contributed by atoms with Crippen molar-refractivity contribution in [3.8, 4) is 0 Å². The minimum absolute atomic E-state index is 0.244. The van der Waals surface area contributed by atoms with E-state index < -0.39 is 17.2 Å². The van der Waals surface area contributed by atoms with Crippen molar-refractivity contribution in [1.29, 1.82) is 0 Å². The van der Waals surface area contributed by atoms with Crippen molar-refractivity contribution < 1.29 is 4.79 Å². The van der Waals surface area contributed by atoms with Crippen LogP contribution in [0, 0.1) is 0 Å². The van der Waals surface area contributed by atoms with Gasteiger partial charge in [-0.15, -0.1) is 0 Å². The molecule has 8 heteroatoms. The molecular formula is C15H13N5O3. The molecule has 116 valence electrons. The van der Waals surface area contributed by atoms with E-state index in [0.717, 1.165) is 4.57 Å². The van der Waals surface area contributed by atoms with Crippen molar-refractivity contribution in [1.82, 2.24) is 19.1 Å². The third-order valence-corrected chi connectivity index (χ3v) is 3.45. The first-order valence-corrected chi connectivity index (χ1v) is 6.77. The summed E-state index contributed by atoms with van der Waals surface area (Å²) in [4.78, 5) is 44.2. The van der Waals surface area contributed by atoms with Gasteiger partial charge in [-0.05, 0) is 18.2 Å². The summed E-state index contributed by atoms with van der Waals surface area (Å²) in [7, 11) is 2.92. The van der Waals surface area contributed by atoms with E-state index >= 15 is 0 Å². The second-order valence-electron chi connectivity index (χ2n) is 4.97. The molecule has 0 saturated carbocycles. The maximum absolute atomic E-state index is 12.2. The first-order valence-electron chi connectivity index (χ1n) is 6.77. The fourth-order valence-corrected chi connectivity index (χ4v) is 2.23. The Balaban J connectivity index is 2.06. The van der Waals surface area contributed by atoms with Gasteiger partial charge in [0, 0.05) is 20.3 Å². The summed E-state index contributed by atoms with van der Waals surface area (Å²) in [6.07, 6.45) is 2.90. The Hall–Kier alpha value is -3.29. The number of anilines is 1. The molecule has 3 aromatic heterocycles. The van der Waals surface area contributed by atoms with Gasteiger partial charge in [0.05, 0.1) is 17.3 Å². The van der Waals surface area contributed by atoms with Gasteiger partial charge in [0.2, 0.25) is 0 Å². The monoisotopic (exact) mass is 311 g/mol. The number of aryl methyl sites for hydroxylation is 1. The van der Waals surface area contributed by atoms with Crippen LogP contribution in [0.2, 0.25) is 0 Å². The zero-order valence-corrected chi connectivity index (χ0v) is 12.5. The summed E-state index contributed by atoms with van der Waals surface area (Å²) >= 11 is 0. The summed E-state index contributed by atoms with van der Waals surface area (Å²) in [5.41, 5.74) is -0.0661. The maximum atomic E-state index is 12.2. The Bertz CT molecular complexity index is 1020. The van der Waals surface area contributed by atoms with E-state index in [2.05, 4.69) is 15.3 Å². The number of carbonyl (C=O) groups is 1. The largest absolute Gasteiger partial charge is 0.332 e. The van der Waals surface area contributed by atoms with Gasteiger partial charge in [0.25, 0.3) is 11.5 Å². The second-order valence-corrected chi connectivity index (χ2v) is 4.97. The average Bonchev–Trinajstić information content (AvgIpc) is 2.58. The molecule has 3 aromatic rings. The van der Waals surface area contributed by atoms with Crippen LogP contribution in [0.15, 0.2) is 46.2 Å². The predicted molar refractivity (Wildman–Crippen MR) is 84.4 cm³/mol. The quantitative estimate of drug-likeness (QED) is 0.733. The smallest absolute Gasteiger partial charge is 0.319 e. The van der Waals surface area contributed by atoms with Gasteiger partial charge in [0.1, 0.15) is 11.3 Å². The molecule has 1 N–H and O–H groups in total. The lowest BCUT2D eigenvalue weighted by Gasteiger charge is -2.09. The van der Waals surface area contributed by atoms with Crippen LogP contribution in [0.3, 0.4) is 0 Å². The first kappa shape index (κ1) is 14.6. The lowest BCUT2D eigenvalue weighted by atomic mass is 10.3. The van der Waals surface area contributed by atoms with Crippen LogP contribution in [-0.4, -0.2) is 25.0 Å². The molecule has 0 atom stereocenters. The van der Waals surface area contributed by atoms with E-state index in [4.69, 9.17) is 0 Å². The number of hydrogen-bond donors (Lipinski definition) is 1. The number of rotatable bonds is 2. The van der Waals surface area contributed by atoms with E-state index in [-0.39, 0.29) is 16.7 Å². The third-order valence-electron chi connectivity index (χ3n) is 3.45. The lowest BCUT2D eigenvalue weighted by molar-refractivity contribution is 0.102. The van der Waals surface area contributed by atoms with Crippen LogP contribution >= 0.6 is 0 Å². The van der Waals surface area contributed by atoms with E-state index in [1.807, 2.05) is 0 Å². The van der Waals surface area contributed by atoms with Gasteiger partial charge in [-0.1, -0.05) is 6.07 Å². The Morgan fingerprint density at radius 3 is 2.61 bits per heavy atom. The molecule has 3 heterocycles. The number of carbonyl (C=O) groups excluding carboxylic acids is 1. The number of fused-ring (bicyclic) bond motifs is 1. The number of aromatic nitrogens is 4. The number of nitrogens with zero attached hydrogens (tertiary/aromatic N) is 4. The van der Waals surface area contributed by atoms with E-state index in [9.17, 15) is 14.4 Å². The van der Waals surface area contributed by atoms with Gasteiger partial charge in [0.15, 0.2) is 0 Å². The summed E-state index contributed by atoms with van der Waals surface area (Å²) in [6.45, 7) is 0. The molecule has 0 aliphatic carbocycles. The molecule has 0 unspecified atom stereocenters. The van der Waals surface area contributed by atoms with Crippen molar-refractivity contribution in [3.05, 3.63) is 63.2 Å². The van der Waals surface area contributed by atoms with Crippen LogP contribution in [0.4, 0.5) is 5.69 Å². The normalized spacial score (nSPS) is 10.7. The van der Waals surface area contributed by atoms with Crippen LogP contribution in [0.25, 0.3) is 11.0 Å². The van der Waals surface area contributed by atoms with Crippen molar-refractivity contribution in [2.24, 2.45) is 14.1 Å². The van der Waals surface area contributed by atoms with Crippen molar-refractivity contribution in [3.63, 3.8) is 0 Å². The molecule has 0 saturated heterocycles. The highest BCUT2D eigenvalue weighted by molar-refractivity contribution is 6.03. The highest BCUT2D eigenvalue weighted by atomic mass is 16.2. The minimum atomic E-state index is -0.468. The molecule has 0 radical (unpaired) electrons. The molecule has 0 aromatic carbocycles. The molecule has 0 aliphatic heterocycles. The molecule has 0 spiro atoms. The number of hydrogen-bond acceptors (Lipinski definition) is 5. The molecule has 8 nitrogen and oxygen atoms in total. The Kier molecular flexibility index (Phi) is 3.49. The molecule has 23 heavy (non-hydrogen) atoms. The van der Waals surface area contributed by atoms with Gasteiger partial charge >= 0.3 is 5.69 Å². The fourth-order valence-electron chi connectivity index (χ4n) is 2.23. The van der Waals surface area contributed by atoms with Gasteiger partial charge in [-0.2, -0.15) is 0 Å². The second kappa shape index (κ2) is 5.48. The summed E-state index contributed by atoms with van der Waals surface area (Å²) < 4.78 is 2.27. The molecule has 0 fully saturated rings. The molecule has 1 amide bonds. The van der Waals surface area contributed by atoms with Crippen LogP contribution in [-0.2, 0) is 14.1 Å². The van der Waals surface area contributed by atoms with Crippen LogP contribution in [0.5, 0.6) is 0 Å². The zero-order chi connectivity index (χ0) is 16.6. The molecule has 0 aliphatic rings.